The number of hydrogen-bond donors (Lipinski definition) is 0. The largest absolute Gasteiger partial charge is 0.198 e. The molecule has 0 aromatic rings. The third-order valence-electron chi connectivity index (χ3n) is 1.08. The van der Waals surface area contributed by atoms with Gasteiger partial charge in [0, 0.05) is 6.42 Å². The van der Waals surface area contributed by atoms with E-state index in [4.69, 9.17) is 5.26 Å². The molecule has 1 fully saturated rings. The maximum atomic E-state index is 8.03. The Labute approximate surface area is 51.3 Å². The fourth-order valence-electron chi connectivity index (χ4n) is 0.451. The molecule has 0 aromatic carbocycles. The lowest BCUT2D eigenvalue weighted by atomic mass is 10.3. The van der Waals surface area contributed by atoms with Gasteiger partial charge in [-0.15, -0.1) is 0 Å². The third-order valence-corrected chi connectivity index (χ3v) is 1.08. The molecular weight excluding hydrogens is 98.1 g/mol. The first-order chi connectivity index (χ1) is 3.93. The van der Waals surface area contributed by atoms with Crippen LogP contribution in [0.15, 0.2) is 0 Å². The van der Waals surface area contributed by atoms with Crippen molar-refractivity contribution in [2.75, 3.05) is 0 Å². The van der Waals surface area contributed by atoms with Crippen LogP contribution >= 0.6 is 0 Å². The highest BCUT2D eigenvalue weighted by atomic mass is 14.3. The van der Waals surface area contributed by atoms with Crippen molar-refractivity contribution in [3.8, 4) is 6.07 Å². The minimum atomic E-state index is 0.787. The average Bonchev–Trinajstić information content (AvgIpc) is 2.57. The van der Waals surface area contributed by atoms with E-state index in [2.05, 4.69) is 6.07 Å². The monoisotopic (exact) mass is 111 g/mol. The predicted octanol–water partition coefficient (Wildman–Crippen LogP) is 2.34. The summed E-state index contributed by atoms with van der Waals surface area (Å²) in [7, 11) is 0. The third kappa shape index (κ3) is 3.67. The van der Waals surface area contributed by atoms with Crippen molar-refractivity contribution in [2.45, 2.75) is 33.1 Å². The van der Waals surface area contributed by atoms with Gasteiger partial charge >= 0.3 is 0 Å². The molecule has 1 saturated carbocycles. The van der Waals surface area contributed by atoms with Gasteiger partial charge in [0.15, 0.2) is 0 Å². The lowest BCUT2D eigenvalue weighted by Gasteiger charge is -1.70. The zero-order valence-electron chi connectivity index (χ0n) is 5.65. The van der Waals surface area contributed by atoms with Crippen LogP contribution in [-0.4, -0.2) is 0 Å². The van der Waals surface area contributed by atoms with Crippen LogP contribution in [0.3, 0.4) is 0 Å². The standard InChI is InChI=1S/C5H7N.C2H6/c6-4-3-5-1-2-5;1-2/h5H,1-3H2;1-2H3. The van der Waals surface area contributed by atoms with Gasteiger partial charge in [-0.3, -0.25) is 0 Å². The minimum Gasteiger partial charge on any atom is -0.198 e. The van der Waals surface area contributed by atoms with Crippen molar-refractivity contribution in [1.82, 2.24) is 0 Å². The molecule has 0 saturated heterocycles. The molecule has 1 heteroatoms. The molecule has 1 nitrogen and oxygen atoms in total. The average molecular weight is 111 g/mol. The summed E-state index contributed by atoms with van der Waals surface area (Å²) >= 11 is 0. The van der Waals surface area contributed by atoms with E-state index >= 15 is 0 Å². The fraction of sp³-hybridized carbons (Fsp3) is 0.857. The Kier molecular flexibility index (Phi) is 4.35. The van der Waals surface area contributed by atoms with E-state index in [0.717, 1.165) is 12.3 Å². The summed E-state index contributed by atoms with van der Waals surface area (Å²) in [4.78, 5) is 0. The first-order valence-electron chi connectivity index (χ1n) is 3.30. The molecule has 0 N–H and O–H groups in total. The van der Waals surface area contributed by atoms with Crippen LogP contribution in [0.25, 0.3) is 0 Å². The van der Waals surface area contributed by atoms with Crippen molar-refractivity contribution in [1.29, 1.82) is 5.26 Å². The summed E-state index contributed by atoms with van der Waals surface area (Å²) in [6.07, 6.45) is 3.39. The van der Waals surface area contributed by atoms with E-state index in [0.29, 0.717) is 0 Å². The second-order valence-electron chi connectivity index (χ2n) is 1.81. The van der Waals surface area contributed by atoms with Gasteiger partial charge < -0.3 is 0 Å². The summed E-state index contributed by atoms with van der Waals surface area (Å²) in [6, 6.07) is 2.13. The highest BCUT2D eigenvalue weighted by molar-refractivity contribution is 4.83. The first-order valence-corrected chi connectivity index (χ1v) is 3.30. The molecule has 0 spiro atoms. The number of rotatable bonds is 1. The van der Waals surface area contributed by atoms with Crippen molar-refractivity contribution < 1.29 is 0 Å². The van der Waals surface area contributed by atoms with Gasteiger partial charge in [0.05, 0.1) is 6.07 Å². The molecule has 0 atom stereocenters. The maximum absolute atomic E-state index is 8.03. The van der Waals surface area contributed by atoms with E-state index in [1.165, 1.54) is 12.8 Å². The zero-order chi connectivity index (χ0) is 6.41. The lowest BCUT2D eigenvalue weighted by Crippen LogP contribution is -1.64. The highest BCUT2D eigenvalue weighted by Gasteiger charge is 2.19. The van der Waals surface area contributed by atoms with E-state index < -0.39 is 0 Å². The molecule has 8 heavy (non-hydrogen) atoms. The van der Waals surface area contributed by atoms with Crippen LogP contribution in [-0.2, 0) is 0 Å². The van der Waals surface area contributed by atoms with Crippen LogP contribution < -0.4 is 0 Å². The van der Waals surface area contributed by atoms with Gasteiger partial charge in [-0.05, 0) is 18.8 Å². The Morgan fingerprint density at radius 1 is 1.50 bits per heavy atom. The molecule has 1 aliphatic rings. The van der Waals surface area contributed by atoms with E-state index in [9.17, 15) is 0 Å². The molecule has 46 valence electrons. The topological polar surface area (TPSA) is 23.8 Å². The van der Waals surface area contributed by atoms with Crippen LogP contribution in [0.5, 0.6) is 0 Å². The first kappa shape index (κ1) is 7.49. The predicted molar refractivity (Wildman–Crippen MR) is 34.3 cm³/mol. The van der Waals surface area contributed by atoms with Crippen molar-refractivity contribution >= 4 is 0 Å². The van der Waals surface area contributed by atoms with Crippen molar-refractivity contribution in [3.63, 3.8) is 0 Å². The molecule has 0 unspecified atom stereocenters. The molecule has 0 aromatic heterocycles. The normalized spacial score (nSPS) is 15.6. The molecule has 0 amide bonds. The molecule has 1 rings (SSSR count). The van der Waals surface area contributed by atoms with Gasteiger partial charge in [0.25, 0.3) is 0 Å². The molecule has 1 aliphatic carbocycles. The van der Waals surface area contributed by atoms with Crippen LogP contribution in [0.4, 0.5) is 0 Å². The van der Waals surface area contributed by atoms with E-state index in [-0.39, 0.29) is 0 Å². The molecule has 0 bridgehead atoms. The molecule has 0 radical (unpaired) electrons. The summed E-state index contributed by atoms with van der Waals surface area (Å²) in [5.74, 6) is 0.787. The van der Waals surface area contributed by atoms with Gasteiger partial charge in [-0.1, -0.05) is 13.8 Å². The van der Waals surface area contributed by atoms with Crippen LogP contribution in [0.1, 0.15) is 33.1 Å². The lowest BCUT2D eigenvalue weighted by molar-refractivity contribution is 0.873. The second kappa shape index (κ2) is 4.64. The Bertz CT molecular complexity index is 76.9. The van der Waals surface area contributed by atoms with Crippen LogP contribution in [0, 0.1) is 17.2 Å². The zero-order valence-corrected chi connectivity index (χ0v) is 5.65. The van der Waals surface area contributed by atoms with Crippen molar-refractivity contribution in [3.05, 3.63) is 0 Å². The fourth-order valence-corrected chi connectivity index (χ4v) is 0.451. The van der Waals surface area contributed by atoms with Crippen LogP contribution in [0.2, 0.25) is 0 Å². The number of hydrogen-bond acceptors (Lipinski definition) is 1. The Morgan fingerprint density at radius 3 is 2.12 bits per heavy atom. The Balaban J connectivity index is 0.000000222. The Morgan fingerprint density at radius 2 is 2.00 bits per heavy atom. The number of nitrogens with zero attached hydrogens (tertiary/aromatic N) is 1. The maximum Gasteiger partial charge on any atom is 0.0624 e. The number of nitriles is 1. The summed E-state index contributed by atoms with van der Waals surface area (Å²) in [6.45, 7) is 4.00. The van der Waals surface area contributed by atoms with Gasteiger partial charge in [-0.2, -0.15) is 5.26 Å². The highest BCUT2D eigenvalue weighted by Crippen LogP contribution is 2.31. The SMILES string of the molecule is CC.N#CCC1CC1. The second-order valence-corrected chi connectivity index (χ2v) is 1.81. The van der Waals surface area contributed by atoms with E-state index in [1.807, 2.05) is 13.8 Å². The summed E-state index contributed by atoms with van der Waals surface area (Å²) in [5.41, 5.74) is 0. The van der Waals surface area contributed by atoms with E-state index in [1.54, 1.807) is 0 Å². The van der Waals surface area contributed by atoms with Crippen molar-refractivity contribution in [2.24, 2.45) is 5.92 Å². The summed E-state index contributed by atoms with van der Waals surface area (Å²) < 4.78 is 0. The molecule has 0 aliphatic heterocycles. The van der Waals surface area contributed by atoms with Gasteiger partial charge in [0.2, 0.25) is 0 Å². The molecular formula is C7H13N. The van der Waals surface area contributed by atoms with Gasteiger partial charge in [-0.25, -0.2) is 0 Å². The van der Waals surface area contributed by atoms with Gasteiger partial charge in [0.1, 0.15) is 0 Å². The smallest absolute Gasteiger partial charge is 0.0624 e. The quantitative estimate of drug-likeness (QED) is 0.509. The summed E-state index contributed by atoms with van der Waals surface area (Å²) in [5, 5.41) is 8.03. The Hall–Kier alpha value is -0.510. The minimum absolute atomic E-state index is 0.787. The molecule has 0 heterocycles.